The molecule has 0 saturated heterocycles. The molecule has 130 valence electrons. The number of carboxylic acids is 1. The maximum absolute atomic E-state index is 12.7. The van der Waals surface area contributed by atoms with Gasteiger partial charge in [-0.2, -0.15) is 0 Å². The molecule has 0 heterocycles. The van der Waals surface area contributed by atoms with Gasteiger partial charge in [0.2, 0.25) is 0 Å². The molecule has 0 spiro atoms. The van der Waals surface area contributed by atoms with Crippen LogP contribution in [0.5, 0.6) is 5.75 Å². The van der Waals surface area contributed by atoms with Crippen LogP contribution in [0.15, 0.2) is 60.7 Å². The Labute approximate surface area is 179 Å². The smallest absolute Gasteiger partial charge is 0.545 e. The molecule has 0 fully saturated rings. The molecule has 3 aromatic carbocycles. The second-order valence-corrected chi connectivity index (χ2v) is 5.92. The number of methoxy groups -OCH3 is 1. The molecule has 0 saturated carbocycles. The number of benzene rings is 3. The Morgan fingerprint density at radius 3 is 2.26 bits per heavy atom. The van der Waals surface area contributed by atoms with Crippen molar-refractivity contribution in [1.29, 1.82) is 0 Å². The number of hydrogen-bond donors (Lipinski definition) is 0. The first kappa shape index (κ1) is 20.9. The van der Waals surface area contributed by atoms with Crippen LogP contribution >= 0.6 is 0 Å². The Balaban J connectivity index is 0.00000261. The second-order valence-electron chi connectivity index (χ2n) is 5.92. The van der Waals surface area contributed by atoms with Crippen molar-refractivity contribution in [3.05, 3.63) is 82.9 Å². The van der Waals surface area contributed by atoms with Gasteiger partial charge < -0.3 is 14.6 Å². The van der Waals surface area contributed by atoms with Gasteiger partial charge in [0, 0.05) is 11.1 Å². The van der Waals surface area contributed by atoms with Crippen LogP contribution in [0.25, 0.3) is 16.8 Å². The zero-order chi connectivity index (χ0) is 18.7. The molecule has 3 aromatic rings. The first-order valence-corrected chi connectivity index (χ1v) is 8.11. The quantitative estimate of drug-likeness (QED) is 0.372. The minimum atomic E-state index is -1.25. The number of carboxylic acid groups (broad SMARTS) is 1. The van der Waals surface area contributed by atoms with Crippen LogP contribution in [0.1, 0.15) is 31.8 Å². The Morgan fingerprint density at radius 1 is 0.963 bits per heavy atom. The molecule has 4 nitrogen and oxygen atoms in total. The number of ether oxygens (including phenoxy) is 1. The van der Waals surface area contributed by atoms with E-state index in [9.17, 15) is 14.7 Å². The fraction of sp³-hybridized carbons (Fsp3) is 0.0909. The summed E-state index contributed by atoms with van der Waals surface area (Å²) in [6, 6.07) is 15.7. The van der Waals surface area contributed by atoms with Gasteiger partial charge in [0.1, 0.15) is 5.75 Å². The average Bonchev–Trinajstić information content (AvgIpc) is 2.65. The van der Waals surface area contributed by atoms with E-state index in [0.717, 1.165) is 16.9 Å². The molecule has 0 aliphatic rings. The van der Waals surface area contributed by atoms with Crippen molar-refractivity contribution >= 4 is 28.6 Å². The van der Waals surface area contributed by atoms with Crippen molar-refractivity contribution in [2.24, 2.45) is 0 Å². The van der Waals surface area contributed by atoms with E-state index in [4.69, 9.17) is 4.74 Å². The molecule has 0 atom stereocenters. The number of aryl methyl sites for hydroxylation is 1. The molecule has 0 bridgehead atoms. The van der Waals surface area contributed by atoms with E-state index in [1.807, 2.05) is 37.3 Å². The van der Waals surface area contributed by atoms with Gasteiger partial charge in [-0.05, 0) is 53.1 Å². The molecule has 27 heavy (non-hydrogen) atoms. The third-order valence-corrected chi connectivity index (χ3v) is 4.28. The van der Waals surface area contributed by atoms with Crippen LogP contribution in [0.2, 0.25) is 0 Å². The van der Waals surface area contributed by atoms with Crippen molar-refractivity contribution in [1.82, 2.24) is 0 Å². The minimum Gasteiger partial charge on any atom is -0.545 e. The Kier molecular flexibility index (Phi) is 6.97. The number of carbonyl (C=O) groups is 2. The van der Waals surface area contributed by atoms with Gasteiger partial charge in [-0.1, -0.05) is 42.5 Å². The fourth-order valence-electron chi connectivity index (χ4n) is 2.95. The van der Waals surface area contributed by atoms with Crippen molar-refractivity contribution in [3.8, 4) is 5.75 Å². The van der Waals surface area contributed by atoms with Crippen molar-refractivity contribution in [2.45, 2.75) is 6.92 Å². The molecular weight excluding hydrogens is 351 g/mol. The second kappa shape index (κ2) is 9.00. The van der Waals surface area contributed by atoms with E-state index in [-0.39, 0.29) is 40.9 Å². The third kappa shape index (κ3) is 4.48. The summed E-state index contributed by atoms with van der Waals surface area (Å²) in [7, 11) is 1.60. The molecule has 0 aliphatic heterocycles. The SMILES string of the molecule is COc1ccc(/C=C\C(=O)c2ccc(C(=O)[O-])c3c(C)cccc23)cc1.[Na+]. The maximum Gasteiger partial charge on any atom is 1.00 e. The average molecular weight is 368 g/mol. The number of hydrogen-bond acceptors (Lipinski definition) is 4. The molecule has 5 heteroatoms. The third-order valence-electron chi connectivity index (χ3n) is 4.28. The van der Waals surface area contributed by atoms with Crippen molar-refractivity contribution in [3.63, 3.8) is 0 Å². The summed E-state index contributed by atoms with van der Waals surface area (Å²) in [5.41, 5.74) is 2.20. The summed E-state index contributed by atoms with van der Waals surface area (Å²) in [4.78, 5) is 24.1. The van der Waals surface area contributed by atoms with Crippen LogP contribution < -0.4 is 39.4 Å². The first-order valence-electron chi connectivity index (χ1n) is 8.11. The van der Waals surface area contributed by atoms with Crippen molar-refractivity contribution in [2.75, 3.05) is 7.11 Å². The van der Waals surface area contributed by atoms with E-state index < -0.39 is 5.97 Å². The molecule has 0 radical (unpaired) electrons. The normalized spacial score (nSPS) is 10.6. The van der Waals surface area contributed by atoms with Crippen LogP contribution in [-0.4, -0.2) is 18.9 Å². The number of fused-ring (bicyclic) bond motifs is 1. The monoisotopic (exact) mass is 368 g/mol. The predicted molar refractivity (Wildman–Crippen MR) is 99.4 cm³/mol. The number of rotatable bonds is 5. The molecular formula is C22H17NaO4. The summed E-state index contributed by atoms with van der Waals surface area (Å²) in [5.74, 6) is -0.703. The van der Waals surface area contributed by atoms with Crippen LogP contribution in [0, 0.1) is 6.92 Å². The predicted octanol–water partition coefficient (Wildman–Crippen LogP) is 0.420. The van der Waals surface area contributed by atoms with E-state index in [2.05, 4.69) is 0 Å². The summed E-state index contributed by atoms with van der Waals surface area (Å²) >= 11 is 0. The van der Waals surface area contributed by atoms with E-state index in [1.165, 1.54) is 18.2 Å². The van der Waals surface area contributed by atoms with Gasteiger partial charge in [-0.15, -0.1) is 0 Å². The van der Waals surface area contributed by atoms with Gasteiger partial charge in [-0.3, -0.25) is 4.79 Å². The zero-order valence-electron chi connectivity index (χ0n) is 15.5. The number of allylic oxidation sites excluding steroid dienone is 1. The number of aromatic carboxylic acids is 1. The Hall–Kier alpha value is -2.40. The summed E-state index contributed by atoms with van der Waals surface area (Å²) in [5, 5.41) is 12.5. The maximum atomic E-state index is 12.7. The molecule has 3 rings (SSSR count). The van der Waals surface area contributed by atoms with Gasteiger partial charge in [0.05, 0.1) is 13.1 Å². The van der Waals surface area contributed by atoms with E-state index in [1.54, 1.807) is 25.3 Å². The molecule has 0 aromatic heterocycles. The van der Waals surface area contributed by atoms with Gasteiger partial charge in [-0.25, -0.2) is 0 Å². The topological polar surface area (TPSA) is 66.4 Å². The standard InChI is InChI=1S/C22H18O4.Na/c1-14-4-3-5-18-17(11-12-19(21(14)18)22(24)25)20(23)13-8-15-6-9-16(26-2)10-7-15;/h3-13H,1-2H3,(H,24,25);/q;+1/p-1/b13-8-;. The molecule has 0 amide bonds. The molecule has 0 N–H and O–H groups in total. The summed E-state index contributed by atoms with van der Waals surface area (Å²) in [6.45, 7) is 1.82. The van der Waals surface area contributed by atoms with E-state index in [0.29, 0.717) is 16.3 Å². The Bertz CT molecular complexity index is 1020. The number of ketones is 1. The fourth-order valence-corrected chi connectivity index (χ4v) is 2.95. The summed E-state index contributed by atoms with van der Waals surface area (Å²) in [6.07, 6.45) is 3.20. The van der Waals surface area contributed by atoms with Crippen LogP contribution in [0.4, 0.5) is 0 Å². The van der Waals surface area contributed by atoms with Gasteiger partial charge >= 0.3 is 29.6 Å². The molecule has 0 aliphatic carbocycles. The van der Waals surface area contributed by atoms with E-state index >= 15 is 0 Å². The summed E-state index contributed by atoms with van der Waals surface area (Å²) < 4.78 is 5.11. The van der Waals surface area contributed by atoms with Crippen LogP contribution in [-0.2, 0) is 0 Å². The van der Waals surface area contributed by atoms with Crippen LogP contribution in [0.3, 0.4) is 0 Å². The molecule has 0 unspecified atom stereocenters. The Morgan fingerprint density at radius 2 is 1.63 bits per heavy atom. The number of carbonyl (C=O) groups excluding carboxylic acids is 2. The largest absolute Gasteiger partial charge is 1.00 e. The van der Waals surface area contributed by atoms with Gasteiger partial charge in [0.25, 0.3) is 0 Å². The minimum absolute atomic E-state index is 0. The zero-order valence-corrected chi connectivity index (χ0v) is 17.5. The first-order chi connectivity index (χ1) is 12.5. The van der Waals surface area contributed by atoms with Crippen molar-refractivity contribution < 1.29 is 49.0 Å². The van der Waals surface area contributed by atoms with Gasteiger partial charge in [0.15, 0.2) is 5.78 Å².